The average Bonchev–Trinajstić information content (AvgIpc) is 2.81. The maximum absolute atomic E-state index is 9.35. The molecule has 0 saturated heterocycles. The minimum Gasteiger partial charge on any atom is -0.392 e. The van der Waals surface area contributed by atoms with Gasteiger partial charge in [-0.15, -0.1) is 0 Å². The summed E-state index contributed by atoms with van der Waals surface area (Å²) in [4.78, 5) is 2.23. The SMILES string of the molecule is CN(CC1CCCC1)c1cc(Cl)ccc1CO. The number of benzene rings is 1. The molecule has 0 spiro atoms. The van der Waals surface area contributed by atoms with Crippen molar-refractivity contribution < 1.29 is 5.11 Å². The molecule has 0 radical (unpaired) electrons. The molecule has 1 N–H and O–H groups in total. The number of hydrogen-bond donors (Lipinski definition) is 1. The quantitative estimate of drug-likeness (QED) is 0.888. The zero-order valence-corrected chi connectivity index (χ0v) is 11.1. The summed E-state index contributed by atoms with van der Waals surface area (Å²) in [5.41, 5.74) is 2.02. The van der Waals surface area contributed by atoms with E-state index in [-0.39, 0.29) is 6.61 Å². The molecule has 1 aromatic carbocycles. The number of rotatable bonds is 4. The molecule has 2 nitrogen and oxygen atoms in total. The summed E-state index contributed by atoms with van der Waals surface area (Å²) in [7, 11) is 2.09. The molecule has 1 fully saturated rings. The van der Waals surface area contributed by atoms with Crippen LogP contribution in [0.1, 0.15) is 31.2 Å². The monoisotopic (exact) mass is 253 g/mol. The Hall–Kier alpha value is -0.730. The van der Waals surface area contributed by atoms with Crippen LogP contribution in [0.4, 0.5) is 5.69 Å². The molecule has 3 heteroatoms. The van der Waals surface area contributed by atoms with Crippen molar-refractivity contribution in [1.82, 2.24) is 0 Å². The molecule has 0 aromatic heterocycles. The molecule has 0 aliphatic heterocycles. The van der Waals surface area contributed by atoms with Crippen LogP contribution in [0.3, 0.4) is 0 Å². The van der Waals surface area contributed by atoms with Gasteiger partial charge >= 0.3 is 0 Å². The van der Waals surface area contributed by atoms with E-state index in [4.69, 9.17) is 11.6 Å². The first-order valence-corrected chi connectivity index (χ1v) is 6.69. The van der Waals surface area contributed by atoms with Crippen LogP contribution >= 0.6 is 11.6 Å². The van der Waals surface area contributed by atoms with Gasteiger partial charge < -0.3 is 10.0 Å². The van der Waals surface area contributed by atoms with Gasteiger partial charge in [0.1, 0.15) is 0 Å². The standard InChI is InChI=1S/C14H20ClNO/c1-16(9-11-4-2-3-5-11)14-8-13(15)7-6-12(14)10-17/h6-8,11,17H,2-5,9-10H2,1H3. The topological polar surface area (TPSA) is 23.5 Å². The van der Waals surface area contributed by atoms with E-state index in [1.165, 1.54) is 25.7 Å². The van der Waals surface area contributed by atoms with Crippen molar-refractivity contribution in [2.45, 2.75) is 32.3 Å². The molecule has 17 heavy (non-hydrogen) atoms. The summed E-state index contributed by atoms with van der Waals surface area (Å²) >= 11 is 6.03. The summed E-state index contributed by atoms with van der Waals surface area (Å²) < 4.78 is 0. The fourth-order valence-electron chi connectivity index (χ4n) is 2.70. The Balaban J connectivity index is 2.11. The smallest absolute Gasteiger partial charge is 0.0702 e. The van der Waals surface area contributed by atoms with E-state index >= 15 is 0 Å². The molecular formula is C14H20ClNO. The van der Waals surface area contributed by atoms with Crippen LogP contribution < -0.4 is 4.90 Å². The maximum Gasteiger partial charge on any atom is 0.0702 e. The Morgan fingerprint density at radius 2 is 2.06 bits per heavy atom. The van der Waals surface area contributed by atoms with E-state index in [1.54, 1.807) is 0 Å². The summed E-state index contributed by atoms with van der Waals surface area (Å²) in [6.45, 7) is 1.13. The fraction of sp³-hybridized carbons (Fsp3) is 0.571. The van der Waals surface area contributed by atoms with Crippen molar-refractivity contribution in [2.24, 2.45) is 5.92 Å². The molecule has 0 amide bonds. The van der Waals surface area contributed by atoms with Gasteiger partial charge in [-0.25, -0.2) is 0 Å². The molecule has 2 rings (SSSR count). The zero-order valence-electron chi connectivity index (χ0n) is 10.3. The molecule has 0 atom stereocenters. The van der Waals surface area contributed by atoms with E-state index in [0.717, 1.165) is 28.7 Å². The Kier molecular flexibility index (Phi) is 4.30. The third kappa shape index (κ3) is 3.14. The zero-order chi connectivity index (χ0) is 12.3. The second kappa shape index (κ2) is 5.74. The molecular weight excluding hydrogens is 234 g/mol. The number of aliphatic hydroxyl groups excluding tert-OH is 1. The molecule has 1 aromatic rings. The van der Waals surface area contributed by atoms with Crippen molar-refractivity contribution >= 4 is 17.3 Å². The molecule has 1 aliphatic carbocycles. The summed E-state index contributed by atoms with van der Waals surface area (Å²) in [5.74, 6) is 0.797. The van der Waals surface area contributed by atoms with Crippen LogP contribution in [-0.2, 0) is 6.61 Å². The second-order valence-corrected chi connectivity index (χ2v) is 5.40. The van der Waals surface area contributed by atoms with E-state index in [1.807, 2.05) is 18.2 Å². The largest absolute Gasteiger partial charge is 0.392 e. The lowest BCUT2D eigenvalue weighted by Gasteiger charge is -2.25. The summed E-state index contributed by atoms with van der Waals surface area (Å²) in [6, 6.07) is 5.69. The molecule has 0 bridgehead atoms. The van der Waals surface area contributed by atoms with Crippen LogP contribution in [0.2, 0.25) is 5.02 Å². The van der Waals surface area contributed by atoms with Gasteiger partial charge in [-0.2, -0.15) is 0 Å². The Labute approximate surface area is 108 Å². The van der Waals surface area contributed by atoms with Crippen LogP contribution in [0.5, 0.6) is 0 Å². The van der Waals surface area contributed by atoms with E-state index < -0.39 is 0 Å². The summed E-state index contributed by atoms with van der Waals surface area (Å²) in [5, 5.41) is 10.1. The fourth-order valence-corrected chi connectivity index (χ4v) is 2.87. The van der Waals surface area contributed by atoms with Crippen molar-refractivity contribution in [3.05, 3.63) is 28.8 Å². The lowest BCUT2D eigenvalue weighted by atomic mass is 10.1. The second-order valence-electron chi connectivity index (χ2n) is 4.96. The first kappa shape index (κ1) is 12.7. The van der Waals surface area contributed by atoms with Gasteiger partial charge in [0, 0.05) is 29.9 Å². The first-order chi connectivity index (χ1) is 8.20. The predicted octanol–water partition coefficient (Wildman–Crippen LogP) is 3.46. The number of nitrogens with zero attached hydrogens (tertiary/aromatic N) is 1. The molecule has 94 valence electrons. The van der Waals surface area contributed by atoms with Gasteiger partial charge in [-0.3, -0.25) is 0 Å². The van der Waals surface area contributed by atoms with Crippen LogP contribution in [0.15, 0.2) is 18.2 Å². The highest BCUT2D eigenvalue weighted by atomic mass is 35.5. The number of anilines is 1. The van der Waals surface area contributed by atoms with Crippen molar-refractivity contribution in [3.63, 3.8) is 0 Å². The van der Waals surface area contributed by atoms with Gasteiger partial charge in [0.25, 0.3) is 0 Å². The predicted molar refractivity (Wildman–Crippen MR) is 72.6 cm³/mol. The minimum atomic E-state index is 0.0709. The van der Waals surface area contributed by atoms with E-state index in [0.29, 0.717) is 0 Å². The Morgan fingerprint density at radius 1 is 1.35 bits per heavy atom. The summed E-state index contributed by atoms with van der Waals surface area (Å²) in [6.07, 6.45) is 5.39. The lowest BCUT2D eigenvalue weighted by molar-refractivity contribution is 0.282. The van der Waals surface area contributed by atoms with Gasteiger partial charge in [0.05, 0.1) is 6.61 Å². The van der Waals surface area contributed by atoms with Gasteiger partial charge in [0.15, 0.2) is 0 Å². The average molecular weight is 254 g/mol. The Morgan fingerprint density at radius 3 is 2.71 bits per heavy atom. The first-order valence-electron chi connectivity index (χ1n) is 6.31. The Bertz CT molecular complexity index is 374. The van der Waals surface area contributed by atoms with Crippen LogP contribution in [0, 0.1) is 5.92 Å². The minimum absolute atomic E-state index is 0.0709. The van der Waals surface area contributed by atoms with Crippen molar-refractivity contribution in [2.75, 3.05) is 18.5 Å². The molecule has 0 heterocycles. The van der Waals surface area contributed by atoms with Gasteiger partial charge in [-0.1, -0.05) is 30.5 Å². The van der Waals surface area contributed by atoms with Crippen LogP contribution in [-0.4, -0.2) is 18.7 Å². The normalized spacial score (nSPS) is 16.4. The third-order valence-electron chi connectivity index (χ3n) is 3.64. The highest BCUT2D eigenvalue weighted by Gasteiger charge is 2.18. The van der Waals surface area contributed by atoms with Crippen LogP contribution in [0.25, 0.3) is 0 Å². The van der Waals surface area contributed by atoms with Gasteiger partial charge in [0.2, 0.25) is 0 Å². The van der Waals surface area contributed by atoms with Crippen molar-refractivity contribution in [1.29, 1.82) is 0 Å². The maximum atomic E-state index is 9.35. The third-order valence-corrected chi connectivity index (χ3v) is 3.87. The number of hydrogen-bond acceptors (Lipinski definition) is 2. The molecule has 0 unspecified atom stereocenters. The highest BCUT2D eigenvalue weighted by molar-refractivity contribution is 6.30. The highest BCUT2D eigenvalue weighted by Crippen LogP contribution is 2.29. The number of halogens is 1. The van der Waals surface area contributed by atoms with Crippen molar-refractivity contribution in [3.8, 4) is 0 Å². The lowest BCUT2D eigenvalue weighted by Crippen LogP contribution is -2.25. The van der Waals surface area contributed by atoms with E-state index in [9.17, 15) is 5.11 Å². The number of aliphatic hydroxyl groups is 1. The molecule has 1 saturated carbocycles. The molecule has 1 aliphatic rings. The van der Waals surface area contributed by atoms with E-state index in [2.05, 4.69) is 11.9 Å². The van der Waals surface area contributed by atoms with Gasteiger partial charge in [-0.05, 0) is 30.9 Å².